The Bertz CT molecular complexity index is 521. The molecule has 3 nitrogen and oxygen atoms in total. The van der Waals surface area contributed by atoms with E-state index in [1.807, 2.05) is 0 Å². The van der Waals surface area contributed by atoms with Crippen molar-refractivity contribution < 1.29 is 31.8 Å². The van der Waals surface area contributed by atoms with Crippen LogP contribution in [0.4, 0.5) is 17.6 Å². The van der Waals surface area contributed by atoms with E-state index in [2.05, 4.69) is 9.47 Å². The Morgan fingerprint density at radius 1 is 1.19 bits per heavy atom. The molecule has 0 amide bonds. The summed E-state index contributed by atoms with van der Waals surface area (Å²) < 4.78 is 58.4. The Labute approximate surface area is 123 Å². The molecule has 0 N–H and O–H groups in total. The molecule has 21 heavy (non-hydrogen) atoms. The number of ketones is 1. The molecule has 0 saturated carbocycles. The summed E-state index contributed by atoms with van der Waals surface area (Å²) in [7, 11) is 0. The molecule has 0 bridgehead atoms. The molecule has 0 aliphatic heterocycles. The lowest BCUT2D eigenvalue weighted by Gasteiger charge is -2.18. The van der Waals surface area contributed by atoms with E-state index >= 15 is 0 Å². The number of carbonyl (C=O) groups is 1. The third kappa shape index (κ3) is 4.49. The molecule has 0 atom stereocenters. The third-order valence-electron chi connectivity index (χ3n) is 2.55. The lowest BCUT2D eigenvalue weighted by atomic mass is 10.0. The van der Waals surface area contributed by atoms with Crippen LogP contribution in [0.2, 0.25) is 5.02 Å². The zero-order valence-corrected chi connectivity index (χ0v) is 12.0. The van der Waals surface area contributed by atoms with Gasteiger partial charge < -0.3 is 9.47 Å². The van der Waals surface area contributed by atoms with Crippen LogP contribution in [0.25, 0.3) is 0 Å². The predicted octanol–water partition coefficient (Wildman–Crippen LogP) is 4.70. The van der Waals surface area contributed by atoms with Crippen molar-refractivity contribution in [2.75, 3.05) is 0 Å². The molecule has 118 valence electrons. The second-order valence-corrected chi connectivity index (χ2v) is 4.52. The van der Waals surface area contributed by atoms with Crippen LogP contribution in [-0.2, 0) is 6.42 Å². The van der Waals surface area contributed by atoms with Gasteiger partial charge in [-0.3, -0.25) is 4.79 Å². The van der Waals surface area contributed by atoms with Gasteiger partial charge in [0.15, 0.2) is 11.5 Å². The first-order valence-electron chi connectivity index (χ1n) is 6.03. The lowest BCUT2D eigenvalue weighted by molar-refractivity contribution is -0.0551. The summed E-state index contributed by atoms with van der Waals surface area (Å²) in [5, 5.41) is -0.259. The summed E-state index contributed by atoms with van der Waals surface area (Å²) >= 11 is 5.81. The number of hydrogen-bond acceptors (Lipinski definition) is 3. The Hall–Kier alpha value is -1.50. The smallest absolute Gasteiger partial charge is 0.387 e. The number of benzene rings is 1. The molecule has 0 spiro atoms. The average Bonchev–Trinajstić information content (AvgIpc) is 2.33. The van der Waals surface area contributed by atoms with Gasteiger partial charge in [0.2, 0.25) is 0 Å². The van der Waals surface area contributed by atoms with E-state index in [9.17, 15) is 22.4 Å². The van der Waals surface area contributed by atoms with E-state index in [1.54, 1.807) is 6.92 Å². The molecule has 0 heterocycles. The fraction of sp³-hybridized carbons (Fsp3) is 0.462. The van der Waals surface area contributed by atoms with Gasteiger partial charge in [-0.1, -0.05) is 24.9 Å². The van der Waals surface area contributed by atoms with E-state index in [4.69, 9.17) is 11.6 Å². The molecule has 0 radical (unpaired) electrons. The van der Waals surface area contributed by atoms with Gasteiger partial charge >= 0.3 is 13.2 Å². The predicted molar refractivity (Wildman–Crippen MR) is 68.7 cm³/mol. The van der Waals surface area contributed by atoms with Crippen LogP contribution in [0, 0.1) is 0 Å². The average molecular weight is 329 g/mol. The van der Waals surface area contributed by atoms with Crippen molar-refractivity contribution in [2.45, 2.75) is 39.9 Å². The van der Waals surface area contributed by atoms with Gasteiger partial charge in [-0.25, -0.2) is 0 Å². The van der Waals surface area contributed by atoms with Gasteiger partial charge in [-0.05, 0) is 25.0 Å². The van der Waals surface area contributed by atoms with Crippen LogP contribution in [0.5, 0.6) is 11.5 Å². The standard InChI is InChI=1S/C13H13ClF4O3/c1-3-4-7-5-8(14)11(21-13(17)18)9(6(2)19)10(7)20-12(15)16/h5,12-13H,3-4H2,1-2H3. The topological polar surface area (TPSA) is 35.5 Å². The summed E-state index contributed by atoms with van der Waals surface area (Å²) in [4.78, 5) is 11.7. The minimum atomic E-state index is -3.25. The number of aryl methyl sites for hydroxylation is 1. The molecule has 1 aromatic rings. The maximum atomic E-state index is 12.5. The van der Waals surface area contributed by atoms with Crippen LogP contribution < -0.4 is 9.47 Å². The largest absolute Gasteiger partial charge is 0.434 e. The SMILES string of the molecule is CCCc1cc(Cl)c(OC(F)F)c(C(C)=O)c1OC(F)F. The van der Waals surface area contributed by atoms with Crippen LogP contribution in [0.1, 0.15) is 36.2 Å². The fourth-order valence-corrected chi connectivity index (χ4v) is 2.14. The van der Waals surface area contributed by atoms with Gasteiger partial charge in [0, 0.05) is 0 Å². The highest BCUT2D eigenvalue weighted by Crippen LogP contribution is 2.41. The molecule has 1 rings (SSSR count). The maximum Gasteiger partial charge on any atom is 0.387 e. The number of alkyl halides is 4. The number of rotatable bonds is 7. The molecule has 0 aliphatic carbocycles. The summed E-state index contributed by atoms with van der Waals surface area (Å²) in [6, 6.07) is 1.19. The zero-order chi connectivity index (χ0) is 16.2. The highest BCUT2D eigenvalue weighted by Gasteiger charge is 2.26. The Morgan fingerprint density at radius 2 is 1.71 bits per heavy atom. The first-order valence-corrected chi connectivity index (χ1v) is 6.41. The summed E-state index contributed by atoms with van der Waals surface area (Å²) in [5.74, 6) is -1.89. The molecule has 8 heteroatoms. The van der Waals surface area contributed by atoms with Gasteiger partial charge in [0.1, 0.15) is 11.3 Å². The number of carbonyl (C=O) groups excluding carboxylic acids is 1. The quantitative estimate of drug-likeness (QED) is 0.537. The first kappa shape index (κ1) is 17.6. The normalized spacial score (nSPS) is 11.1. The van der Waals surface area contributed by atoms with Crippen LogP contribution in [0.15, 0.2) is 6.07 Å². The number of halogens is 5. The van der Waals surface area contributed by atoms with E-state index in [0.717, 1.165) is 6.92 Å². The fourth-order valence-electron chi connectivity index (χ4n) is 1.87. The lowest BCUT2D eigenvalue weighted by Crippen LogP contribution is -2.13. The van der Waals surface area contributed by atoms with Crippen LogP contribution >= 0.6 is 11.6 Å². The van der Waals surface area contributed by atoms with Crippen LogP contribution in [-0.4, -0.2) is 19.0 Å². The van der Waals surface area contributed by atoms with Gasteiger partial charge in [0.05, 0.1) is 5.02 Å². The minimum Gasteiger partial charge on any atom is -0.434 e. The molecule has 1 aromatic carbocycles. The van der Waals surface area contributed by atoms with E-state index < -0.39 is 36.1 Å². The Balaban J connectivity index is 3.55. The Morgan fingerprint density at radius 3 is 2.14 bits per heavy atom. The summed E-state index contributed by atoms with van der Waals surface area (Å²) in [6.45, 7) is -3.66. The second-order valence-electron chi connectivity index (χ2n) is 4.11. The highest BCUT2D eigenvalue weighted by atomic mass is 35.5. The molecule has 0 unspecified atom stereocenters. The van der Waals surface area contributed by atoms with Crippen molar-refractivity contribution in [2.24, 2.45) is 0 Å². The third-order valence-corrected chi connectivity index (χ3v) is 2.83. The number of Topliss-reactive ketones (excluding diaryl/α,β-unsaturated/α-hetero) is 1. The van der Waals surface area contributed by atoms with Crippen molar-refractivity contribution in [3.05, 3.63) is 22.2 Å². The van der Waals surface area contributed by atoms with E-state index in [0.29, 0.717) is 6.42 Å². The van der Waals surface area contributed by atoms with Crippen molar-refractivity contribution >= 4 is 17.4 Å². The molecular formula is C13H13ClF4O3. The van der Waals surface area contributed by atoms with Crippen LogP contribution in [0.3, 0.4) is 0 Å². The maximum absolute atomic E-state index is 12.5. The highest BCUT2D eigenvalue weighted by molar-refractivity contribution is 6.33. The first-order chi connectivity index (χ1) is 9.77. The van der Waals surface area contributed by atoms with Crippen molar-refractivity contribution in [1.82, 2.24) is 0 Å². The molecular weight excluding hydrogens is 316 g/mol. The van der Waals surface area contributed by atoms with Gasteiger partial charge in [-0.2, -0.15) is 17.6 Å². The summed E-state index contributed by atoms with van der Waals surface area (Å²) in [5.41, 5.74) is -0.277. The monoisotopic (exact) mass is 328 g/mol. The Kier molecular flexibility index (Phi) is 6.26. The van der Waals surface area contributed by atoms with Gasteiger partial charge in [0.25, 0.3) is 0 Å². The molecule has 0 saturated heterocycles. The molecule has 0 fully saturated rings. The van der Waals surface area contributed by atoms with Gasteiger partial charge in [-0.15, -0.1) is 0 Å². The molecule has 0 aromatic heterocycles. The van der Waals surface area contributed by atoms with Crippen molar-refractivity contribution in [3.8, 4) is 11.5 Å². The molecule has 0 aliphatic rings. The second kappa shape index (κ2) is 7.49. The number of ether oxygens (including phenoxy) is 2. The van der Waals surface area contributed by atoms with Crippen molar-refractivity contribution in [1.29, 1.82) is 0 Å². The van der Waals surface area contributed by atoms with E-state index in [-0.39, 0.29) is 17.0 Å². The minimum absolute atomic E-state index is 0.231. The zero-order valence-electron chi connectivity index (χ0n) is 11.3. The summed E-state index contributed by atoms with van der Waals surface area (Å²) in [6.07, 6.45) is 0.847. The number of hydrogen-bond donors (Lipinski definition) is 0. The van der Waals surface area contributed by atoms with Crippen molar-refractivity contribution in [3.63, 3.8) is 0 Å². The van der Waals surface area contributed by atoms with E-state index in [1.165, 1.54) is 6.07 Å².